The lowest BCUT2D eigenvalue weighted by molar-refractivity contribution is 0.252. The second-order valence-corrected chi connectivity index (χ2v) is 2.99. The number of urea groups is 1. The smallest absolute Gasteiger partial charge is 0.351 e. The van der Waals surface area contributed by atoms with E-state index in [2.05, 4.69) is 15.7 Å². The standard InChI is InChI=1S/C4H4N2.CH4N2O4S/c1-2-6-4-3-5-1;2-1(4)3-8(5,6)7/h1-4H;(H3,2,3,4)(H,5,6,7). The molecule has 0 saturated carbocycles. The third kappa shape index (κ3) is 10.3. The van der Waals surface area contributed by atoms with Gasteiger partial charge in [-0.15, -0.1) is 0 Å². The third-order valence-corrected chi connectivity index (χ3v) is 1.17. The zero-order valence-corrected chi connectivity index (χ0v) is 7.68. The van der Waals surface area contributed by atoms with Gasteiger partial charge in [-0.1, -0.05) is 0 Å². The lowest BCUT2D eigenvalue weighted by atomic mass is 10.8. The van der Waals surface area contributed by atoms with Crippen molar-refractivity contribution >= 4 is 16.3 Å². The van der Waals surface area contributed by atoms with Crippen LogP contribution in [0.25, 0.3) is 0 Å². The molecule has 0 aliphatic heterocycles. The summed E-state index contributed by atoms with van der Waals surface area (Å²) >= 11 is 0. The normalized spacial score (nSPS) is 9.50. The van der Waals surface area contributed by atoms with Gasteiger partial charge in [0.25, 0.3) is 0 Å². The van der Waals surface area contributed by atoms with Gasteiger partial charge in [-0.25, -0.2) is 9.52 Å². The maximum atomic E-state index is 9.59. The summed E-state index contributed by atoms with van der Waals surface area (Å²) in [6, 6.07) is -1.31. The Bertz CT molecular complexity index is 338. The molecule has 0 aliphatic rings. The van der Waals surface area contributed by atoms with Crippen LogP contribution in [0, 0.1) is 0 Å². The predicted molar refractivity (Wildman–Crippen MR) is 46.3 cm³/mol. The average Bonchev–Trinajstić information content (AvgIpc) is 2.03. The Kier molecular flexibility index (Phi) is 5.10. The fourth-order valence-corrected chi connectivity index (χ4v) is 0.635. The molecule has 9 heteroatoms. The van der Waals surface area contributed by atoms with Gasteiger partial charge in [0, 0.05) is 24.8 Å². The van der Waals surface area contributed by atoms with E-state index in [1.54, 1.807) is 24.8 Å². The Balaban J connectivity index is 0.000000249. The summed E-state index contributed by atoms with van der Waals surface area (Å²) in [5, 5.41) is 0. The van der Waals surface area contributed by atoms with Crippen LogP contribution in [-0.2, 0) is 10.3 Å². The van der Waals surface area contributed by atoms with Gasteiger partial charge < -0.3 is 5.73 Å². The van der Waals surface area contributed by atoms with Crippen LogP contribution in [0.5, 0.6) is 0 Å². The molecule has 0 aliphatic carbocycles. The Labute approximate surface area is 80.1 Å². The van der Waals surface area contributed by atoms with Crippen LogP contribution < -0.4 is 10.5 Å². The van der Waals surface area contributed by atoms with Crippen molar-refractivity contribution in [1.82, 2.24) is 14.7 Å². The van der Waals surface area contributed by atoms with Gasteiger partial charge in [-0.2, -0.15) is 8.42 Å². The van der Waals surface area contributed by atoms with E-state index in [0.717, 1.165) is 4.72 Å². The zero-order valence-electron chi connectivity index (χ0n) is 6.86. The first-order chi connectivity index (χ1) is 6.42. The molecule has 8 nitrogen and oxygen atoms in total. The van der Waals surface area contributed by atoms with Crippen LogP contribution >= 0.6 is 0 Å². The van der Waals surface area contributed by atoms with E-state index < -0.39 is 16.3 Å². The topological polar surface area (TPSA) is 135 Å². The number of amides is 2. The minimum absolute atomic E-state index is 1.05. The second kappa shape index (κ2) is 5.83. The fraction of sp³-hybridized carbons (Fsp3) is 0. The van der Waals surface area contributed by atoms with Crippen molar-refractivity contribution in [3.8, 4) is 0 Å². The lowest BCUT2D eigenvalue weighted by Crippen LogP contribution is -2.34. The van der Waals surface area contributed by atoms with E-state index >= 15 is 0 Å². The Morgan fingerprint density at radius 2 is 1.57 bits per heavy atom. The van der Waals surface area contributed by atoms with Crippen molar-refractivity contribution in [2.45, 2.75) is 0 Å². The molecule has 1 aromatic heterocycles. The molecule has 0 unspecified atom stereocenters. The number of nitrogens with two attached hydrogens (primary N) is 1. The first kappa shape index (κ1) is 12.3. The van der Waals surface area contributed by atoms with Crippen molar-refractivity contribution in [2.75, 3.05) is 0 Å². The number of carbonyl (C=O) groups excluding carboxylic acids is 1. The molecule has 0 radical (unpaired) electrons. The molecule has 0 saturated heterocycles. The van der Waals surface area contributed by atoms with Crippen molar-refractivity contribution < 1.29 is 17.8 Å². The third-order valence-electron chi connectivity index (χ3n) is 0.707. The van der Waals surface area contributed by atoms with E-state index in [4.69, 9.17) is 4.55 Å². The Morgan fingerprint density at radius 3 is 1.64 bits per heavy atom. The fourth-order valence-electron chi connectivity index (χ4n) is 0.380. The van der Waals surface area contributed by atoms with E-state index in [9.17, 15) is 13.2 Å². The van der Waals surface area contributed by atoms with Gasteiger partial charge in [0.15, 0.2) is 0 Å². The molecular weight excluding hydrogens is 212 g/mol. The summed E-state index contributed by atoms with van der Waals surface area (Å²) in [4.78, 5) is 17.0. The minimum atomic E-state index is -4.45. The van der Waals surface area contributed by atoms with Crippen LogP contribution in [-0.4, -0.2) is 29.0 Å². The molecule has 0 aromatic carbocycles. The number of hydrogen-bond donors (Lipinski definition) is 3. The number of rotatable bonds is 1. The van der Waals surface area contributed by atoms with E-state index in [-0.39, 0.29) is 0 Å². The van der Waals surface area contributed by atoms with Gasteiger partial charge in [0.1, 0.15) is 0 Å². The first-order valence-electron chi connectivity index (χ1n) is 3.16. The van der Waals surface area contributed by atoms with E-state index in [1.165, 1.54) is 0 Å². The quantitative estimate of drug-likeness (QED) is 0.516. The molecule has 1 rings (SSSR count). The summed E-state index contributed by atoms with van der Waals surface area (Å²) in [5.41, 5.74) is 4.29. The van der Waals surface area contributed by atoms with Gasteiger partial charge in [0.05, 0.1) is 0 Å². The molecule has 4 N–H and O–H groups in total. The first-order valence-corrected chi connectivity index (χ1v) is 4.60. The largest absolute Gasteiger partial charge is 0.361 e. The SMILES string of the molecule is NC(=O)NS(=O)(=O)O.c1cnccn1. The molecule has 2 amide bonds. The van der Waals surface area contributed by atoms with Gasteiger partial charge in [0.2, 0.25) is 0 Å². The lowest BCUT2D eigenvalue weighted by Gasteiger charge is -1.91. The van der Waals surface area contributed by atoms with Gasteiger partial charge in [-0.3, -0.25) is 14.5 Å². The highest BCUT2D eigenvalue weighted by atomic mass is 32.2. The van der Waals surface area contributed by atoms with Crippen molar-refractivity contribution in [2.24, 2.45) is 5.73 Å². The molecule has 0 spiro atoms. The summed E-state index contributed by atoms with van der Waals surface area (Å²) in [6.07, 6.45) is 6.56. The van der Waals surface area contributed by atoms with E-state index in [1.807, 2.05) is 0 Å². The Morgan fingerprint density at radius 1 is 1.21 bits per heavy atom. The number of primary amides is 1. The number of nitrogens with zero attached hydrogens (tertiary/aromatic N) is 2. The molecule has 1 heterocycles. The molecule has 1 aromatic rings. The molecule has 0 atom stereocenters. The maximum absolute atomic E-state index is 9.59. The number of nitrogens with one attached hydrogen (secondary N) is 1. The molecular formula is C5H8N4O4S. The van der Waals surface area contributed by atoms with Crippen molar-refractivity contribution in [3.63, 3.8) is 0 Å². The van der Waals surface area contributed by atoms with Gasteiger partial charge >= 0.3 is 16.3 Å². The molecule has 0 fully saturated rings. The summed E-state index contributed by atoms with van der Waals surface area (Å²) in [7, 11) is -4.45. The zero-order chi connectivity index (χ0) is 11.0. The maximum Gasteiger partial charge on any atom is 0.361 e. The van der Waals surface area contributed by atoms with Crippen LogP contribution in [0.4, 0.5) is 4.79 Å². The van der Waals surface area contributed by atoms with Crippen LogP contribution in [0.3, 0.4) is 0 Å². The predicted octanol–water partition coefficient (Wildman–Crippen LogP) is -1.07. The highest BCUT2D eigenvalue weighted by Gasteiger charge is 2.03. The van der Waals surface area contributed by atoms with Crippen LogP contribution in [0.1, 0.15) is 0 Å². The number of hydrogen-bond acceptors (Lipinski definition) is 5. The number of carbonyl (C=O) groups is 1. The highest BCUT2D eigenvalue weighted by Crippen LogP contribution is 1.67. The van der Waals surface area contributed by atoms with Crippen LogP contribution in [0.2, 0.25) is 0 Å². The monoisotopic (exact) mass is 220 g/mol. The Hall–Kier alpha value is -1.74. The summed E-state index contributed by atoms with van der Waals surface area (Å²) in [6.45, 7) is 0. The highest BCUT2D eigenvalue weighted by molar-refractivity contribution is 7.84. The van der Waals surface area contributed by atoms with E-state index in [0.29, 0.717) is 0 Å². The molecule has 0 bridgehead atoms. The van der Waals surface area contributed by atoms with Crippen molar-refractivity contribution in [1.29, 1.82) is 0 Å². The average molecular weight is 220 g/mol. The molecule has 78 valence electrons. The van der Waals surface area contributed by atoms with Crippen LogP contribution in [0.15, 0.2) is 24.8 Å². The van der Waals surface area contributed by atoms with Crippen molar-refractivity contribution in [3.05, 3.63) is 24.8 Å². The summed E-state index contributed by atoms with van der Waals surface area (Å²) in [5.74, 6) is 0. The molecule has 14 heavy (non-hydrogen) atoms. The van der Waals surface area contributed by atoms with Gasteiger partial charge in [-0.05, 0) is 0 Å². The second-order valence-electron chi connectivity index (χ2n) is 1.84. The summed E-state index contributed by atoms with van der Waals surface area (Å²) < 4.78 is 28.0. The number of aromatic nitrogens is 2. The minimum Gasteiger partial charge on any atom is -0.351 e.